The first-order chi connectivity index (χ1) is 9.67. The number of benzene rings is 1. The lowest BCUT2D eigenvalue weighted by Crippen LogP contribution is -2.34. The van der Waals surface area contributed by atoms with Gasteiger partial charge < -0.3 is 4.74 Å². The minimum Gasteiger partial charge on any atom is -0.366 e. The van der Waals surface area contributed by atoms with Gasteiger partial charge in [-0.3, -0.25) is 4.79 Å². The maximum atomic E-state index is 11.6. The van der Waals surface area contributed by atoms with Crippen LogP contribution in [-0.2, 0) is 9.53 Å². The Morgan fingerprint density at radius 2 is 2.15 bits per heavy atom. The topological polar surface area (TPSA) is 26.3 Å². The van der Waals surface area contributed by atoms with Gasteiger partial charge in [0.1, 0.15) is 0 Å². The normalized spacial score (nSPS) is 29.9. The number of rotatable bonds is 0. The third-order valence-electron chi connectivity index (χ3n) is 3.94. The van der Waals surface area contributed by atoms with Gasteiger partial charge in [-0.05, 0) is 42.9 Å². The minimum absolute atomic E-state index is 0.130. The Kier molecular flexibility index (Phi) is 3.30. The van der Waals surface area contributed by atoms with Gasteiger partial charge in [0.2, 0.25) is 0 Å². The Morgan fingerprint density at radius 3 is 2.95 bits per heavy atom. The molecule has 2 aliphatic rings. The van der Waals surface area contributed by atoms with Gasteiger partial charge in [0.15, 0.2) is 5.78 Å². The van der Waals surface area contributed by atoms with Crippen LogP contribution in [0.25, 0.3) is 0 Å². The number of carbonyl (C=O) groups excluding carboxylic acids is 1. The second-order valence-electron chi connectivity index (χ2n) is 5.38. The molecule has 0 bridgehead atoms. The number of allylic oxidation sites excluding steroid dienone is 2. The molecule has 3 rings (SSSR count). The third-order valence-corrected chi connectivity index (χ3v) is 3.94. The van der Waals surface area contributed by atoms with Crippen LogP contribution in [0.1, 0.15) is 18.9 Å². The van der Waals surface area contributed by atoms with Crippen LogP contribution in [0, 0.1) is 17.8 Å². The standard InChI is InChI=1S/C18H16O2/c1-18-11-10-16(19)12-17(18)15(13-20-18)9-5-8-14-6-3-2-4-7-14/h2-4,6-7,9-11,17H,12-13H2,1H3/b15-9+/t17-,18-/m0/s1. The van der Waals surface area contributed by atoms with Crippen molar-refractivity contribution in [2.75, 3.05) is 6.61 Å². The highest BCUT2D eigenvalue weighted by molar-refractivity contribution is 5.91. The van der Waals surface area contributed by atoms with E-state index in [9.17, 15) is 4.79 Å². The molecular weight excluding hydrogens is 248 g/mol. The van der Waals surface area contributed by atoms with Crippen LogP contribution in [0.5, 0.6) is 0 Å². The first kappa shape index (κ1) is 12.9. The van der Waals surface area contributed by atoms with Gasteiger partial charge in [-0.2, -0.15) is 0 Å². The summed E-state index contributed by atoms with van der Waals surface area (Å²) in [5.41, 5.74) is 1.77. The maximum absolute atomic E-state index is 11.6. The molecule has 2 heteroatoms. The van der Waals surface area contributed by atoms with Gasteiger partial charge in [0.05, 0.1) is 12.2 Å². The Balaban J connectivity index is 1.82. The van der Waals surface area contributed by atoms with E-state index in [4.69, 9.17) is 4.74 Å². The summed E-state index contributed by atoms with van der Waals surface area (Å²) < 4.78 is 5.83. The van der Waals surface area contributed by atoms with Gasteiger partial charge in [-0.15, -0.1) is 0 Å². The Bertz CT molecular complexity index is 643. The van der Waals surface area contributed by atoms with E-state index >= 15 is 0 Å². The molecule has 1 aromatic rings. The zero-order chi connectivity index (χ0) is 14.0. The second-order valence-corrected chi connectivity index (χ2v) is 5.38. The molecule has 20 heavy (non-hydrogen) atoms. The van der Waals surface area contributed by atoms with Crippen LogP contribution in [0.3, 0.4) is 0 Å². The summed E-state index contributed by atoms with van der Waals surface area (Å²) in [5, 5.41) is 0. The van der Waals surface area contributed by atoms with Crippen molar-refractivity contribution in [2.24, 2.45) is 5.92 Å². The fraction of sp³-hybridized carbons (Fsp3) is 0.278. The first-order valence-electron chi connectivity index (χ1n) is 6.79. The number of hydrogen-bond donors (Lipinski definition) is 0. The Morgan fingerprint density at radius 1 is 1.35 bits per heavy atom. The molecule has 0 spiro atoms. The highest BCUT2D eigenvalue weighted by atomic mass is 16.5. The molecule has 2 atom stereocenters. The minimum atomic E-state index is -0.339. The van der Waals surface area contributed by atoms with E-state index in [2.05, 4.69) is 11.8 Å². The van der Waals surface area contributed by atoms with Crippen molar-refractivity contribution >= 4 is 5.78 Å². The number of fused-ring (bicyclic) bond motifs is 1. The predicted molar refractivity (Wildman–Crippen MR) is 78.0 cm³/mol. The van der Waals surface area contributed by atoms with Crippen molar-refractivity contribution in [3.8, 4) is 11.8 Å². The number of carbonyl (C=O) groups is 1. The van der Waals surface area contributed by atoms with Crippen LogP contribution < -0.4 is 0 Å². The summed E-state index contributed by atoms with van der Waals surface area (Å²) in [6, 6.07) is 9.87. The molecule has 1 fully saturated rings. The molecule has 1 aliphatic carbocycles. The first-order valence-corrected chi connectivity index (χ1v) is 6.79. The molecule has 0 amide bonds. The van der Waals surface area contributed by atoms with Gasteiger partial charge >= 0.3 is 0 Å². The van der Waals surface area contributed by atoms with Crippen LogP contribution in [0.4, 0.5) is 0 Å². The van der Waals surface area contributed by atoms with E-state index < -0.39 is 0 Å². The van der Waals surface area contributed by atoms with Crippen molar-refractivity contribution < 1.29 is 9.53 Å². The number of ether oxygens (including phenoxy) is 1. The molecule has 0 aromatic heterocycles. The van der Waals surface area contributed by atoms with E-state index in [0.29, 0.717) is 13.0 Å². The zero-order valence-corrected chi connectivity index (χ0v) is 11.4. The molecule has 1 heterocycles. The molecule has 1 aliphatic heterocycles. The van der Waals surface area contributed by atoms with Crippen molar-refractivity contribution in [3.05, 3.63) is 59.7 Å². The zero-order valence-electron chi connectivity index (χ0n) is 11.4. The fourth-order valence-electron chi connectivity index (χ4n) is 2.71. The van der Waals surface area contributed by atoms with Crippen molar-refractivity contribution in [2.45, 2.75) is 18.9 Å². The van der Waals surface area contributed by atoms with Crippen molar-refractivity contribution in [1.82, 2.24) is 0 Å². The molecule has 0 radical (unpaired) electrons. The van der Waals surface area contributed by atoms with Crippen LogP contribution in [-0.4, -0.2) is 18.0 Å². The summed E-state index contributed by atoms with van der Waals surface area (Å²) in [6.45, 7) is 2.59. The Hall–Kier alpha value is -2.11. The SMILES string of the molecule is C[C@]12C=CC(=O)C[C@H]1/C(=C/C#Cc1ccccc1)CO2. The predicted octanol–water partition coefficient (Wildman–Crippen LogP) is 2.90. The van der Waals surface area contributed by atoms with Gasteiger partial charge in [0.25, 0.3) is 0 Å². The number of ketones is 1. The summed E-state index contributed by atoms with van der Waals surface area (Å²) in [7, 11) is 0. The lowest BCUT2D eigenvalue weighted by molar-refractivity contribution is -0.117. The van der Waals surface area contributed by atoms with Gasteiger partial charge in [-0.25, -0.2) is 0 Å². The van der Waals surface area contributed by atoms with Crippen LogP contribution >= 0.6 is 0 Å². The smallest absolute Gasteiger partial charge is 0.156 e. The average molecular weight is 264 g/mol. The lowest BCUT2D eigenvalue weighted by Gasteiger charge is -2.29. The largest absolute Gasteiger partial charge is 0.366 e. The van der Waals surface area contributed by atoms with E-state index in [0.717, 1.165) is 11.1 Å². The molecule has 1 aromatic carbocycles. The summed E-state index contributed by atoms with van der Waals surface area (Å²) in [4.78, 5) is 11.6. The molecule has 1 saturated heterocycles. The van der Waals surface area contributed by atoms with Gasteiger partial charge in [0, 0.05) is 17.9 Å². The Labute approximate surface area is 119 Å². The van der Waals surface area contributed by atoms with Crippen LogP contribution in [0.2, 0.25) is 0 Å². The van der Waals surface area contributed by atoms with E-state index in [1.807, 2.05) is 49.4 Å². The van der Waals surface area contributed by atoms with Gasteiger partial charge in [-0.1, -0.05) is 30.0 Å². The monoisotopic (exact) mass is 264 g/mol. The molecular formula is C18H16O2. The third kappa shape index (κ3) is 2.45. The quantitative estimate of drug-likeness (QED) is 0.673. The number of hydrogen-bond acceptors (Lipinski definition) is 2. The lowest BCUT2D eigenvalue weighted by atomic mass is 9.78. The van der Waals surface area contributed by atoms with Crippen LogP contribution in [0.15, 0.2) is 54.1 Å². The van der Waals surface area contributed by atoms with Crippen molar-refractivity contribution in [1.29, 1.82) is 0 Å². The van der Waals surface area contributed by atoms with E-state index in [1.165, 1.54) is 0 Å². The van der Waals surface area contributed by atoms with E-state index in [1.54, 1.807) is 6.08 Å². The molecule has 0 N–H and O–H groups in total. The average Bonchev–Trinajstić information content (AvgIpc) is 2.78. The summed E-state index contributed by atoms with van der Waals surface area (Å²) in [5.74, 6) is 6.48. The summed E-state index contributed by atoms with van der Waals surface area (Å²) in [6.07, 6.45) is 5.95. The molecule has 100 valence electrons. The fourth-order valence-corrected chi connectivity index (χ4v) is 2.71. The molecule has 0 saturated carbocycles. The van der Waals surface area contributed by atoms with Crippen molar-refractivity contribution in [3.63, 3.8) is 0 Å². The highest BCUT2D eigenvalue weighted by Crippen LogP contribution is 2.41. The van der Waals surface area contributed by atoms with E-state index in [-0.39, 0.29) is 17.3 Å². The molecule has 0 unspecified atom stereocenters. The second kappa shape index (κ2) is 5.11. The maximum Gasteiger partial charge on any atom is 0.156 e. The highest BCUT2D eigenvalue weighted by Gasteiger charge is 2.44. The molecule has 2 nitrogen and oxygen atoms in total. The summed E-state index contributed by atoms with van der Waals surface area (Å²) >= 11 is 0.